The summed E-state index contributed by atoms with van der Waals surface area (Å²) in [5, 5.41) is 11.6. The molecule has 2 N–H and O–H groups in total. The van der Waals surface area contributed by atoms with E-state index in [1.54, 1.807) is 16.9 Å². The number of amides is 1. The van der Waals surface area contributed by atoms with E-state index in [1.165, 1.54) is 0 Å². The number of hydrogen-bond acceptors (Lipinski definition) is 4. The van der Waals surface area contributed by atoms with E-state index in [0.717, 1.165) is 36.6 Å². The minimum Gasteiger partial charge on any atom is -0.370 e. The van der Waals surface area contributed by atoms with Crippen LogP contribution in [0.25, 0.3) is 0 Å². The summed E-state index contributed by atoms with van der Waals surface area (Å²) in [5.41, 5.74) is 2.06. The van der Waals surface area contributed by atoms with Crippen molar-refractivity contribution in [3.05, 3.63) is 42.2 Å². The van der Waals surface area contributed by atoms with Crippen LogP contribution in [-0.4, -0.2) is 50.6 Å². The van der Waals surface area contributed by atoms with Crippen LogP contribution in [0, 0.1) is 0 Å². The Labute approximate surface area is 172 Å². The fourth-order valence-electron chi connectivity index (χ4n) is 4.19. The Hall–Kier alpha value is -2.83. The summed E-state index contributed by atoms with van der Waals surface area (Å²) in [6.07, 6.45) is 3.52. The van der Waals surface area contributed by atoms with Crippen LogP contribution in [0.5, 0.6) is 0 Å². The van der Waals surface area contributed by atoms with Crippen LogP contribution >= 0.6 is 0 Å². The third kappa shape index (κ3) is 3.73. The summed E-state index contributed by atoms with van der Waals surface area (Å²) in [4.78, 5) is 20.2. The zero-order chi connectivity index (χ0) is 20.6. The van der Waals surface area contributed by atoms with Gasteiger partial charge in [-0.05, 0) is 58.7 Å². The highest BCUT2D eigenvalue weighted by Crippen LogP contribution is 2.37. The molecule has 7 heteroatoms. The quantitative estimate of drug-likeness (QED) is 0.816. The number of anilines is 2. The summed E-state index contributed by atoms with van der Waals surface area (Å²) < 4.78 is 1.76. The first-order chi connectivity index (χ1) is 13.8. The van der Waals surface area contributed by atoms with Gasteiger partial charge in [0.25, 0.3) is 5.91 Å². The first-order valence-corrected chi connectivity index (χ1v) is 10.4. The number of rotatable bonds is 2. The van der Waals surface area contributed by atoms with E-state index in [4.69, 9.17) is 4.99 Å². The van der Waals surface area contributed by atoms with E-state index in [9.17, 15) is 4.79 Å². The van der Waals surface area contributed by atoms with E-state index in [-0.39, 0.29) is 11.4 Å². The van der Waals surface area contributed by atoms with Gasteiger partial charge in [0.05, 0.1) is 23.5 Å². The highest BCUT2D eigenvalue weighted by molar-refractivity contribution is 6.10. The number of amidine groups is 1. The number of piperidine rings is 1. The third-order valence-corrected chi connectivity index (χ3v) is 5.47. The zero-order valence-electron chi connectivity index (χ0n) is 17.7. The van der Waals surface area contributed by atoms with Crippen molar-refractivity contribution in [3.63, 3.8) is 0 Å². The number of aliphatic imine (C=N–C) groups is 1. The van der Waals surface area contributed by atoms with Gasteiger partial charge in [-0.1, -0.05) is 12.1 Å². The minimum atomic E-state index is -0.424. The molecule has 1 amide bonds. The molecule has 0 saturated carbocycles. The summed E-state index contributed by atoms with van der Waals surface area (Å²) in [5.74, 6) is 0.935. The van der Waals surface area contributed by atoms with Crippen LogP contribution in [0.1, 0.15) is 51.0 Å². The second-order valence-electron chi connectivity index (χ2n) is 8.87. The molecule has 0 aliphatic carbocycles. The molecule has 1 spiro atoms. The third-order valence-electron chi connectivity index (χ3n) is 5.47. The highest BCUT2D eigenvalue weighted by Gasteiger charge is 2.45. The van der Waals surface area contributed by atoms with Crippen LogP contribution in [0.2, 0.25) is 0 Å². The minimum absolute atomic E-state index is 0.0270. The smallest absolute Gasteiger partial charge is 0.272 e. The van der Waals surface area contributed by atoms with Gasteiger partial charge in [0.1, 0.15) is 17.1 Å². The molecule has 1 atom stereocenters. The number of aromatic nitrogens is 2. The number of nitrogens with one attached hydrogen (secondary N) is 2. The van der Waals surface area contributed by atoms with Gasteiger partial charge in [-0.25, -0.2) is 0 Å². The first-order valence-electron chi connectivity index (χ1n) is 10.4. The molecule has 1 aromatic heterocycles. The molecule has 1 fully saturated rings. The molecule has 2 aliphatic rings. The second-order valence-corrected chi connectivity index (χ2v) is 8.87. The molecular formula is C22H30N6O. The lowest BCUT2D eigenvalue weighted by Crippen LogP contribution is -2.63. The molecule has 1 saturated heterocycles. The van der Waals surface area contributed by atoms with Crippen LogP contribution < -0.4 is 10.6 Å². The SMILES string of the molecule is CCn1nccc1C(=O)N1CCCC2(C1)Nc1ccccc1NC2=NC(C)(C)C. The van der Waals surface area contributed by atoms with Gasteiger partial charge in [-0.15, -0.1) is 0 Å². The zero-order valence-corrected chi connectivity index (χ0v) is 17.7. The van der Waals surface area contributed by atoms with Crippen LogP contribution in [-0.2, 0) is 6.54 Å². The normalized spacial score (nSPS) is 22.9. The fraction of sp³-hybridized carbons (Fsp3) is 0.500. The van der Waals surface area contributed by atoms with Gasteiger partial charge in [0.2, 0.25) is 0 Å². The lowest BCUT2D eigenvalue weighted by atomic mass is 9.84. The monoisotopic (exact) mass is 394 g/mol. The average Bonchev–Trinajstić information content (AvgIpc) is 3.16. The van der Waals surface area contributed by atoms with Crippen molar-refractivity contribution >= 4 is 23.1 Å². The highest BCUT2D eigenvalue weighted by atomic mass is 16.2. The standard InChI is InChI=1S/C22H30N6O/c1-5-28-18(11-13-23-28)19(29)27-14-8-12-22(15-27)20(26-21(2,3)4)24-16-9-6-7-10-17(16)25-22/h6-7,9-11,13,25H,5,8,12,14-15H2,1-4H3,(H,24,26). The summed E-state index contributed by atoms with van der Waals surface area (Å²) in [6, 6.07) is 9.98. The number of benzene rings is 1. The van der Waals surface area contributed by atoms with Crippen molar-refractivity contribution in [2.45, 2.75) is 58.2 Å². The van der Waals surface area contributed by atoms with Gasteiger partial charge >= 0.3 is 0 Å². The van der Waals surface area contributed by atoms with Gasteiger partial charge < -0.3 is 15.5 Å². The molecule has 0 bridgehead atoms. The Morgan fingerprint density at radius 3 is 2.72 bits per heavy atom. The number of para-hydroxylation sites is 2. The number of likely N-dealkylation sites (tertiary alicyclic amines) is 1. The molecule has 29 heavy (non-hydrogen) atoms. The van der Waals surface area contributed by atoms with E-state index in [1.807, 2.05) is 24.0 Å². The molecule has 2 aromatic rings. The van der Waals surface area contributed by atoms with Crippen molar-refractivity contribution in [1.29, 1.82) is 0 Å². The first kappa shape index (κ1) is 19.5. The van der Waals surface area contributed by atoms with E-state index < -0.39 is 5.54 Å². The van der Waals surface area contributed by atoms with Crippen molar-refractivity contribution in [2.75, 3.05) is 23.7 Å². The van der Waals surface area contributed by atoms with Crippen LogP contribution in [0.4, 0.5) is 11.4 Å². The van der Waals surface area contributed by atoms with E-state index in [0.29, 0.717) is 18.8 Å². The molecule has 2 aliphatic heterocycles. The summed E-state index contributed by atoms with van der Waals surface area (Å²) >= 11 is 0. The maximum Gasteiger partial charge on any atom is 0.272 e. The molecule has 154 valence electrons. The molecule has 7 nitrogen and oxygen atoms in total. The maximum atomic E-state index is 13.3. The number of fused-ring (bicyclic) bond motifs is 1. The van der Waals surface area contributed by atoms with Crippen molar-refractivity contribution < 1.29 is 4.79 Å². The van der Waals surface area contributed by atoms with Gasteiger partial charge in [0.15, 0.2) is 0 Å². The largest absolute Gasteiger partial charge is 0.370 e. The molecule has 1 unspecified atom stereocenters. The molecule has 3 heterocycles. The number of aryl methyl sites for hydroxylation is 1. The molecule has 0 radical (unpaired) electrons. The Morgan fingerprint density at radius 1 is 1.24 bits per heavy atom. The predicted octanol–water partition coefficient (Wildman–Crippen LogP) is 3.61. The predicted molar refractivity (Wildman–Crippen MR) is 117 cm³/mol. The van der Waals surface area contributed by atoms with Gasteiger partial charge in [-0.3, -0.25) is 14.5 Å². The van der Waals surface area contributed by atoms with E-state index in [2.05, 4.69) is 48.6 Å². The molecule has 4 rings (SSSR count). The number of carbonyl (C=O) groups is 1. The van der Waals surface area contributed by atoms with Gasteiger partial charge in [-0.2, -0.15) is 5.10 Å². The summed E-state index contributed by atoms with van der Waals surface area (Å²) in [6.45, 7) is 10.3. The second kappa shape index (κ2) is 7.21. The van der Waals surface area contributed by atoms with Crippen molar-refractivity contribution in [1.82, 2.24) is 14.7 Å². The average molecular weight is 395 g/mol. The van der Waals surface area contributed by atoms with Crippen molar-refractivity contribution in [2.24, 2.45) is 4.99 Å². The lowest BCUT2D eigenvalue weighted by Gasteiger charge is -2.47. The number of carbonyl (C=O) groups excluding carboxylic acids is 1. The van der Waals surface area contributed by atoms with Gasteiger partial charge in [0, 0.05) is 19.3 Å². The van der Waals surface area contributed by atoms with Crippen LogP contribution in [0.3, 0.4) is 0 Å². The lowest BCUT2D eigenvalue weighted by molar-refractivity contribution is 0.0681. The fourth-order valence-corrected chi connectivity index (χ4v) is 4.19. The van der Waals surface area contributed by atoms with Crippen LogP contribution in [0.15, 0.2) is 41.5 Å². The Bertz CT molecular complexity index is 941. The molecule has 1 aromatic carbocycles. The Morgan fingerprint density at radius 2 is 2.00 bits per heavy atom. The van der Waals surface area contributed by atoms with Crippen molar-refractivity contribution in [3.8, 4) is 0 Å². The van der Waals surface area contributed by atoms with E-state index >= 15 is 0 Å². The topological polar surface area (TPSA) is 74.6 Å². The number of hydrogen-bond donors (Lipinski definition) is 2. The molecular weight excluding hydrogens is 364 g/mol. The maximum absolute atomic E-state index is 13.3. The summed E-state index contributed by atoms with van der Waals surface area (Å²) in [7, 11) is 0. The Balaban J connectivity index is 1.70. The number of nitrogens with zero attached hydrogens (tertiary/aromatic N) is 4. The Kier molecular flexibility index (Phi) is 4.84.